The van der Waals surface area contributed by atoms with Gasteiger partial charge in [-0.1, -0.05) is 23.7 Å². The number of hydrogen-bond donors (Lipinski definition) is 1. The van der Waals surface area contributed by atoms with Crippen LogP contribution in [0.4, 0.5) is 0 Å². The molecule has 16 heavy (non-hydrogen) atoms. The number of ketones is 1. The first kappa shape index (κ1) is 12.7. The molecule has 0 spiro atoms. The first-order chi connectivity index (χ1) is 7.54. The Balaban J connectivity index is 2.97. The van der Waals surface area contributed by atoms with Crippen LogP contribution in [0, 0.1) is 11.3 Å². The molecular formula is C12H13ClN2O. The van der Waals surface area contributed by atoms with Crippen molar-refractivity contribution in [2.24, 2.45) is 0 Å². The molecular weight excluding hydrogens is 224 g/mol. The Morgan fingerprint density at radius 2 is 1.94 bits per heavy atom. The molecule has 0 fully saturated rings. The molecule has 1 atom stereocenters. The molecule has 0 aliphatic heterocycles. The first-order valence-electron chi connectivity index (χ1n) is 5.00. The molecule has 0 radical (unpaired) electrons. The summed E-state index contributed by atoms with van der Waals surface area (Å²) in [6.45, 7) is 3.85. The lowest BCUT2D eigenvalue weighted by Crippen LogP contribution is -2.33. The summed E-state index contributed by atoms with van der Waals surface area (Å²) in [5, 5.41) is 12.3. The summed E-state index contributed by atoms with van der Waals surface area (Å²) in [7, 11) is 0. The number of halogens is 1. The van der Waals surface area contributed by atoms with Gasteiger partial charge in [0.25, 0.3) is 5.78 Å². The van der Waals surface area contributed by atoms with Gasteiger partial charge in [-0.3, -0.25) is 4.79 Å². The zero-order chi connectivity index (χ0) is 12.1. The molecule has 0 saturated heterocycles. The van der Waals surface area contributed by atoms with Gasteiger partial charge in [0.05, 0.1) is 0 Å². The third kappa shape index (κ3) is 3.34. The normalized spacial score (nSPS) is 12.2. The Hall–Kier alpha value is -1.37. The Morgan fingerprint density at radius 1 is 1.38 bits per heavy atom. The summed E-state index contributed by atoms with van der Waals surface area (Å²) in [5.41, 5.74) is 0.754. The van der Waals surface area contributed by atoms with Crippen molar-refractivity contribution in [3.8, 4) is 6.07 Å². The second-order valence-electron chi connectivity index (χ2n) is 3.78. The van der Waals surface area contributed by atoms with E-state index in [1.165, 1.54) is 0 Å². The molecule has 0 aromatic heterocycles. The van der Waals surface area contributed by atoms with Crippen molar-refractivity contribution in [1.29, 1.82) is 5.26 Å². The highest BCUT2D eigenvalue weighted by Crippen LogP contribution is 2.17. The summed E-state index contributed by atoms with van der Waals surface area (Å²) in [5.74, 6) is -0.490. The van der Waals surface area contributed by atoms with Crippen molar-refractivity contribution < 1.29 is 4.79 Å². The Morgan fingerprint density at radius 3 is 2.38 bits per heavy atom. The summed E-state index contributed by atoms with van der Waals surface area (Å²) in [6.07, 6.45) is 0. The van der Waals surface area contributed by atoms with Crippen LogP contribution in [0.3, 0.4) is 0 Å². The highest BCUT2D eigenvalue weighted by molar-refractivity contribution is 6.30. The van der Waals surface area contributed by atoms with Gasteiger partial charge in [-0.25, -0.2) is 0 Å². The van der Waals surface area contributed by atoms with Crippen LogP contribution >= 0.6 is 11.6 Å². The molecule has 0 saturated carbocycles. The number of rotatable bonds is 4. The van der Waals surface area contributed by atoms with E-state index in [9.17, 15) is 4.79 Å². The molecule has 1 N–H and O–H groups in total. The summed E-state index contributed by atoms with van der Waals surface area (Å²) >= 11 is 5.77. The molecule has 3 nitrogen and oxygen atoms in total. The molecule has 1 rings (SSSR count). The monoisotopic (exact) mass is 236 g/mol. The average molecular weight is 237 g/mol. The minimum Gasteiger partial charge on any atom is -0.301 e. The topological polar surface area (TPSA) is 52.9 Å². The zero-order valence-corrected chi connectivity index (χ0v) is 9.95. The second-order valence-corrected chi connectivity index (χ2v) is 4.22. The number of carbonyl (C=O) groups excluding carboxylic acids is 1. The van der Waals surface area contributed by atoms with Crippen molar-refractivity contribution in [2.75, 3.05) is 0 Å². The predicted octanol–water partition coefficient (Wildman–Crippen LogP) is 2.47. The number of nitriles is 1. The first-order valence-corrected chi connectivity index (χ1v) is 5.38. The highest BCUT2D eigenvalue weighted by atomic mass is 35.5. The molecule has 84 valence electrons. The van der Waals surface area contributed by atoms with Gasteiger partial charge in [0.2, 0.25) is 0 Å². The fraction of sp³-hybridized carbons (Fsp3) is 0.333. The zero-order valence-electron chi connectivity index (χ0n) is 9.20. The molecule has 1 aromatic carbocycles. The fourth-order valence-corrected chi connectivity index (χ4v) is 1.50. The minimum absolute atomic E-state index is 0.123. The van der Waals surface area contributed by atoms with Crippen LogP contribution in [-0.4, -0.2) is 11.8 Å². The van der Waals surface area contributed by atoms with E-state index in [-0.39, 0.29) is 6.04 Å². The lowest BCUT2D eigenvalue weighted by Gasteiger charge is -2.17. The van der Waals surface area contributed by atoms with E-state index in [1.807, 2.05) is 13.8 Å². The maximum Gasteiger partial charge on any atom is 0.253 e. The third-order valence-electron chi connectivity index (χ3n) is 2.08. The van der Waals surface area contributed by atoms with Crippen molar-refractivity contribution in [3.05, 3.63) is 34.9 Å². The summed E-state index contributed by atoms with van der Waals surface area (Å²) < 4.78 is 0. The standard InChI is InChI=1S/C12H13ClN2O/c1-8(2)15-12(11(16)7-14)9-3-5-10(13)6-4-9/h3-6,8,12,15H,1-2H3. The highest BCUT2D eigenvalue weighted by Gasteiger charge is 2.20. The van der Waals surface area contributed by atoms with E-state index >= 15 is 0 Å². The van der Waals surface area contributed by atoms with Gasteiger partial charge in [-0.2, -0.15) is 5.26 Å². The Kier molecular flexibility index (Phi) is 4.48. The average Bonchev–Trinajstić information content (AvgIpc) is 2.26. The van der Waals surface area contributed by atoms with Gasteiger partial charge in [0.15, 0.2) is 0 Å². The molecule has 1 unspecified atom stereocenters. The van der Waals surface area contributed by atoms with Gasteiger partial charge in [-0.15, -0.1) is 0 Å². The van der Waals surface area contributed by atoms with Gasteiger partial charge in [-0.05, 0) is 31.5 Å². The SMILES string of the molecule is CC(C)NC(C(=O)C#N)c1ccc(Cl)cc1. The Labute approximate surface area is 100 Å². The molecule has 1 aromatic rings. The smallest absolute Gasteiger partial charge is 0.253 e. The maximum atomic E-state index is 11.5. The molecule has 0 heterocycles. The van der Waals surface area contributed by atoms with Crippen LogP contribution in [0.15, 0.2) is 24.3 Å². The van der Waals surface area contributed by atoms with Crippen molar-refractivity contribution in [3.63, 3.8) is 0 Å². The van der Waals surface area contributed by atoms with Gasteiger partial charge in [0.1, 0.15) is 12.1 Å². The molecule has 0 aliphatic carbocycles. The van der Waals surface area contributed by atoms with Crippen LogP contribution in [0.25, 0.3) is 0 Å². The number of carbonyl (C=O) groups is 1. The molecule has 0 amide bonds. The van der Waals surface area contributed by atoms with Crippen LogP contribution in [-0.2, 0) is 4.79 Å². The van der Waals surface area contributed by atoms with Crippen LogP contribution in [0.2, 0.25) is 5.02 Å². The van der Waals surface area contributed by atoms with E-state index < -0.39 is 11.8 Å². The minimum atomic E-state index is -0.581. The third-order valence-corrected chi connectivity index (χ3v) is 2.33. The van der Waals surface area contributed by atoms with E-state index in [2.05, 4.69) is 5.32 Å². The van der Waals surface area contributed by atoms with Gasteiger partial charge < -0.3 is 5.32 Å². The lowest BCUT2D eigenvalue weighted by molar-refractivity contribution is -0.116. The molecule has 4 heteroatoms. The predicted molar refractivity (Wildman–Crippen MR) is 63.1 cm³/mol. The van der Waals surface area contributed by atoms with Crippen LogP contribution in [0.5, 0.6) is 0 Å². The Bertz CT molecular complexity index is 406. The van der Waals surface area contributed by atoms with Gasteiger partial charge in [0, 0.05) is 11.1 Å². The van der Waals surface area contributed by atoms with E-state index in [1.54, 1.807) is 30.3 Å². The number of nitrogens with zero attached hydrogens (tertiary/aromatic N) is 1. The van der Waals surface area contributed by atoms with Crippen LogP contribution < -0.4 is 5.32 Å². The largest absolute Gasteiger partial charge is 0.301 e. The van der Waals surface area contributed by atoms with Crippen molar-refractivity contribution >= 4 is 17.4 Å². The van der Waals surface area contributed by atoms with E-state index in [4.69, 9.17) is 16.9 Å². The van der Waals surface area contributed by atoms with E-state index in [0.717, 1.165) is 5.56 Å². The van der Waals surface area contributed by atoms with Crippen molar-refractivity contribution in [2.45, 2.75) is 25.9 Å². The maximum absolute atomic E-state index is 11.5. The molecule has 0 bridgehead atoms. The number of Topliss-reactive ketones (excluding diaryl/α,β-unsaturated/α-hetero) is 1. The quantitative estimate of drug-likeness (QED) is 0.818. The van der Waals surface area contributed by atoms with Crippen LogP contribution in [0.1, 0.15) is 25.5 Å². The number of hydrogen-bond acceptors (Lipinski definition) is 3. The number of nitrogens with one attached hydrogen (secondary N) is 1. The second kappa shape index (κ2) is 5.64. The van der Waals surface area contributed by atoms with E-state index in [0.29, 0.717) is 5.02 Å². The number of benzene rings is 1. The lowest BCUT2D eigenvalue weighted by atomic mass is 10.0. The molecule has 0 aliphatic rings. The summed E-state index contributed by atoms with van der Waals surface area (Å²) in [6, 6.07) is 8.10. The van der Waals surface area contributed by atoms with Crippen molar-refractivity contribution in [1.82, 2.24) is 5.32 Å². The summed E-state index contributed by atoms with van der Waals surface area (Å²) in [4.78, 5) is 11.5. The van der Waals surface area contributed by atoms with Gasteiger partial charge >= 0.3 is 0 Å². The fourth-order valence-electron chi connectivity index (χ4n) is 1.38.